The number of thioether (sulfide) groups is 1. The summed E-state index contributed by atoms with van der Waals surface area (Å²) in [6.45, 7) is 0. The van der Waals surface area contributed by atoms with Crippen LogP contribution in [0.25, 0.3) is 10.2 Å². The number of aromatic hydroxyl groups is 1. The Hall–Kier alpha value is -2.98. The molecule has 0 radical (unpaired) electrons. The number of amides is 1. The van der Waals surface area contributed by atoms with Crippen molar-refractivity contribution in [3.8, 4) is 5.75 Å². The summed E-state index contributed by atoms with van der Waals surface area (Å²) in [6, 6.07) is 9.60. The number of carbonyl (C=O) groups excluding carboxylic acids is 1. The highest BCUT2D eigenvalue weighted by Gasteiger charge is 2.16. The number of nitrogens with zero attached hydrogens (tertiary/aromatic N) is 3. The Kier molecular flexibility index (Phi) is 7.01. The van der Waals surface area contributed by atoms with Gasteiger partial charge in [0.2, 0.25) is 5.91 Å². The monoisotopic (exact) mass is 470 g/mol. The predicted octanol–water partition coefficient (Wildman–Crippen LogP) is 5.20. The van der Waals surface area contributed by atoms with Crippen molar-refractivity contribution in [2.24, 2.45) is 4.99 Å². The Morgan fingerprint density at radius 3 is 2.88 bits per heavy atom. The second-order valence-electron chi connectivity index (χ2n) is 7.58. The van der Waals surface area contributed by atoms with Crippen LogP contribution in [0.2, 0.25) is 0 Å². The van der Waals surface area contributed by atoms with Crippen molar-refractivity contribution < 1.29 is 14.8 Å². The Bertz CT molecular complexity index is 1170. The van der Waals surface area contributed by atoms with Crippen LogP contribution in [0, 0.1) is 10.1 Å². The molecule has 4 rings (SSSR count). The first-order valence-corrected chi connectivity index (χ1v) is 12.1. The molecule has 166 valence electrons. The third-order valence-electron chi connectivity index (χ3n) is 5.22. The van der Waals surface area contributed by atoms with Gasteiger partial charge in [0.15, 0.2) is 4.34 Å². The predicted molar refractivity (Wildman–Crippen MR) is 127 cm³/mol. The van der Waals surface area contributed by atoms with Gasteiger partial charge in [-0.25, -0.2) is 4.98 Å². The van der Waals surface area contributed by atoms with E-state index in [1.807, 2.05) is 12.1 Å². The van der Waals surface area contributed by atoms with Gasteiger partial charge in [0, 0.05) is 30.0 Å². The zero-order valence-electron chi connectivity index (χ0n) is 17.2. The van der Waals surface area contributed by atoms with Crippen LogP contribution < -0.4 is 5.32 Å². The van der Waals surface area contributed by atoms with Crippen LogP contribution in [0.3, 0.4) is 0 Å². The van der Waals surface area contributed by atoms with E-state index in [9.17, 15) is 20.0 Å². The van der Waals surface area contributed by atoms with E-state index in [1.54, 1.807) is 6.07 Å². The molecule has 0 spiro atoms. The van der Waals surface area contributed by atoms with Crippen LogP contribution in [0.15, 0.2) is 45.7 Å². The van der Waals surface area contributed by atoms with E-state index in [2.05, 4.69) is 15.3 Å². The molecule has 1 amide bonds. The molecule has 1 aliphatic rings. The number of thiazole rings is 1. The summed E-state index contributed by atoms with van der Waals surface area (Å²) >= 11 is 2.92. The summed E-state index contributed by atoms with van der Waals surface area (Å²) in [7, 11) is 0. The molecule has 0 atom stereocenters. The van der Waals surface area contributed by atoms with E-state index in [4.69, 9.17) is 0 Å². The summed E-state index contributed by atoms with van der Waals surface area (Å²) < 4.78 is 1.74. The van der Waals surface area contributed by atoms with Crippen molar-refractivity contribution in [1.82, 2.24) is 10.3 Å². The Morgan fingerprint density at radius 1 is 1.28 bits per heavy atom. The molecule has 0 saturated heterocycles. The molecule has 32 heavy (non-hydrogen) atoms. The van der Waals surface area contributed by atoms with Gasteiger partial charge >= 0.3 is 0 Å². The van der Waals surface area contributed by atoms with Crippen LogP contribution in [0.5, 0.6) is 5.75 Å². The number of rotatable bonds is 7. The normalized spacial score (nSPS) is 14.8. The number of nitrogens with one attached hydrogen (secondary N) is 1. The molecule has 1 aromatic heterocycles. The number of nitro groups is 1. The minimum atomic E-state index is -0.519. The van der Waals surface area contributed by atoms with Gasteiger partial charge in [-0.05, 0) is 37.1 Å². The number of phenols is 1. The number of aromatic nitrogens is 1. The number of non-ortho nitro benzene ring substituents is 1. The highest BCUT2D eigenvalue weighted by atomic mass is 32.2. The van der Waals surface area contributed by atoms with E-state index < -0.39 is 4.92 Å². The van der Waals surface area contributed by atoms with Crippen molar-refractivity contribution in [1.29, 1.82) is 0 Å². The van der Waals surface area contributed by atoms with E-state index >= 15 is 0 Å². The first kappa shape index (κ1) is 22.2. The fourth-order valence-corrected chi connectivity index (χ4v) is 5.49. The molecule has 10 heteroatoms. The molecular formula is C22H22N4O4S2. The summed E-state index contributed by atoms with van der Waals surface area (Å²) in [4.78, 5) is 31.5. The van der Waals surface area contributed by atoms with Gasteiger partial charge in [-0.15, -0.1) is 11.3 Å². The SMILES string of the molecule is O=C(CSc1nc2ccc(N=Cc3cc([N+](=O)[O-])ccc3O)cc2s1)NC1CCCCC1. The van der Waals surface area contributed by atoms with Gasteiger partial charge in [-0.3, -0.25) is 19.9 Å². The average Bonchev–Trinajstić information content (AvgIpc) is 3.20. The first-order chi connectivity index (χ1) is 15.5. The number of fused-ring (bicyclic) bond motifs is 1. The molecule has 0 aliphatic heterocycles. The topological polar surface area (TPSA) is 118 Å². The molecule has 8 nitrogen and oxygen atoms in total. The number of phenolic OH excluding ortho intramolecular Hbond substituents is 1. The Labute approximate surface area is 192 Å². The van der Waals surface area contributed by atoms with Crippen molar-refractivity contribution in [2.45, 2.75) is 42.5 Å². The minimum Gasteiger partial charge on any atom is -0.507 e. The third kappa shape index (κ3) is 5.63. The lowest BCUT2D eigenvalue weighted by Gasteiger charge is -2.22. The number of benzene rings is 2. The highest BCUT2D eigenvalue weighted by Crippen LogP contribution is 2.32. The summed E-state index contributed by atoms with van der Waals surface area (Å²) in [6.07, 6.45) is 7.15. The van der Waals surface area contributed by atoms with Gasteiger partial charge in [0.25, 0.3) is 5.69 Å². The van der Waals surface area contributed by atoms with E-state index in [0.717, 1.165) is 27.4 Å². The zero-order valence-corrected chi connectivity index (χ0v) is 18.8. The number of carbonyl (C=O) groups is 1. The number of hydrogen-bond acceptors (Lipinski definition) is 8. The van der Waals surface area contributed by atoms with Gasteiger partial charge in [-0.1, -0.05) is 31.0 Å². The summed E-state index contributed by atoms with van der Waals surface area (Å²) in [5, 5.41) is 24.0. The van der Waals surface area contributed by atoms with Crippen LogP contribution in [-0.2, 0) is 4.79 Å². The zero-order chi connectivity index (χ0) is 22.5. The highest BCUT2D eigenvalue weighted by molar-refractivity contribution is 8.01. The minimum absolute atomic E-state index is 0.0446. The van der Waals surface area contributed by atoms with Gasteiger partial charge in [-0.2, -0.15) is 0 Å². The molecular weight excluding hydrogens is 448 g/mol. The molecule has 1 fully saturated rings. The average molecular weight is 471 g/mol. The fourth-order valence-electron chi connectivity index (χ4n) is 3.58. The smallest absolute Gasteiger partial charge is 0.270 e. The van der Waals surface area contributed by atoms with Crippen LogP contribution in [-0.4, -0.2) is 38.9 Å². The molecule has 2 aromatic carbocycles. The number of nitro benzene ring substituents is 1. The fraction of sp³-hybridized carbons (Fsp3) is 0.318. The third-order valence-corrected chi connectivity index (χ3v) is 7.39. The Balaban J connectivity index is 1.40. The quantitative estimate of drug-likeness (QED) is 0.212. The van der Waals surface area contributed by atoms with Crippen LogP contribution >= 0.6 is 23.1 Å². The van der Waals surface area contributed by atoms with E-state index in [-0.39, 0.29) is 22.9 Å². The lowest BCUT2D eigenvalue weighted by molar-refractivity contribution is -0.384. The van der Waals surface area contributed by atoms with Gasteiger partial charge in [0.05, 0.1) is 26.6 Å². The molecule has 0 unspecified atom stereocenters. The lowest BCUT2D eigenvalue weighted by Crippen LogP contribution is -2.37. The number of hydrogen-bond donors (Lipinski definition) is 2. The van der Waals surface area contributed by atoms with Gasteiger partial charge in [0.1, 0.15) is 5.75 Å². The maximum absolute atomic E-state index is 12.2. The van der Waals surface area contributed by atoms with Crippen molar-refractivity contribution in [3.63, 3.8) is 0 Å². The standard InChI is InChI=1S/C22H22N4O4S2/c27-19-9-7-17(26(29)30)10-14(19)12-23-16-6-8-18-20(11-16)32-22(25-18)31-13-21(28)24-15-4-2-1-3-5-15/h6-12,15,27H,1-5,13H2,(H,24,28). The van der Waals surface area contributed by atoms with Crippen molar-refractivity contribution in [3.05, 3.63) is 52.1 Å². The van der Waals surface area contributed by atoms with Crippen molar-refractivity contribution in [2.75, 3.05) is 5.75 Å². The lowest BCUT2D eigenvalue weighted by atomic mass is 9.95. The Morgan fingerprint density at radius 2 is 2.09 bits per heavy atom. The largest absolute Gasteiger partial charge is 0.507 e. The van der Waals surface area contributed by atoms with Crippen molar-refractivity contribution >= 4 is 56.8 Å². The molecule has 1 aliphatic carbocycles. The summed E-state index contributed by atoms with van der Waals surface area (Å²) in [5.74, 6) is 0.305. The maximum Gasteiger partial charge on any atom is 0.270 e. The maximum atomic E-state index is 12.2. The van der Waals surface area contributed by atoms with E-state index in [1.165, 1.54) is 66.8 Å². The second-order valence-corrected chi connectivity index (χ2v) is 9.83. The second kappa shape index (κ2) is 10.1. The molecule has 3 aromatic rings. The van der Waals surface area contributed by atoms with E-state index in [0.29, 0.717) is 17.5 Å². The first-order valence-electron chi connectivity index (χ1n) is 10.3. The molecule has 1 saturated carbocycles. The van der Waals surface area contributed by atoms with Crippen LogP contribution in [0.1, 0.15) is 37.7 Å². The molecule has 2 N–H and O–H groups in total. The summed E-state index contributed by atoms with van der Waals surface area (Å²) in [5.41, 5.74) is 1.61. The van der Waals surface area contributed by atoms with Gasteiger partial charge < -0.3 is 10.4 Å². The molecule has 0 bridgehead atoms. The van der Waals surface area contributed by atoms with Crippen LogP contribution in [0.4, 0.5) is 11.4 Å². The molecule has 1 heterocycles. The number of aliphatic imine (C=N–C) groups is 1.